The van der Waals surface area contributed by atoms with Crippen LogP contribution in [0.1, 0.15) is 63.8 Å². The van der Waals surface area contributed by atoms with Crippen LogP contribution in [0, 0.1) is 6.92 Å². The molecule has 2 aliphatic carbocycles. The summed E-state index contributed by atoms with van der Waals surface area (Å²) in [6.07, 6.45) is 0.831. The van der Waals surface area contributed by atoms with Gasteiger partial charge in [0.2, 0.25) is 0 Å². The van der Waals surface area contributed by atoms with Gasteiger partial charge < -0.3 is 0 Å². The van der Waals surface area contributed by atoms with E-state index in [-0.39, 0.29) is 5.92 Å². The Hall–Kier alpha value is -7.39. The topological polar surface area (TPSA) is 29.3 Å². The Kier molecular flexibility index (Phi) is 9.88. The molecule has 0 radical (unpaired) electrons. The number of benzene rings is 9. The zero-order chi connectivity index (χ0) is 44.4. The molecule has 1 aromatic heterocycles. The van der Waals surface area contributed by atoms with Gasteiger partial charge in [-0.05, 0) is 0 Å². The summed E-state index contributed by atoms with van der Waals surface area (Å²) in [6, 6.07) is 77.4. The first-order valence-corrected chi connectivity index (χ1v) is 23.5. The van der Waals surface area contributed by atoms with Crippen molar-refractivity contribution in [3.8, 4) is 39.1 Å². The zero-order valence-electron chi connectivity index (χ0n) is 36.9. The summed E-state index contributed by atoms with van der Waals surface area (Å²) in [7, 11) is 0. The van der Waals surface area contributed by atoms with Gasteiger partial charge in [-0.25, -0.2) is 0 Å². The van der Waals surface area contributed by atoms with Gasteiger partial charge in [0.1, 0.15) is 0 Å². The fourth-order valence-electron chi connectivity index (χ4n) is 11.3. The Morgan fingerprint density at radius 3 is 1.77 bits per heavy atom. The predicted molar refractivity (Wildman–Crippen MR) is 272 cm³/mol. The summed E-state index contributed by atoms with van der Waals surface area (Å²) in [6.45, 7) is 5.01. The first-order valence-electron chi connectivity index (χ1n) is 23.0. The van der Waals surface area contributed by atoms with Crippen LogP contribution < -0.4 is 5.32 Å². The number of para-hydroxylation sites is 2. The van der Waals surface area contributed by atoms with Crippen molar-refractivity contribution >= 4 is 32.3 Å². The van der Waals surface area contributed by atoms with Crippen molar-refractivity contribution in [3.05, 3.63) is 257 Å². The van der Waals surface area contributed by atoms with Crippen molar-refractivity contribution in [3.63, 3.8) is 0 Å². The monoisotopic (exact) mass is 891 g/mol. The molecule has 0 saturated carbocycles. The maximum atomic E-state index is 6.08. The van der Waals surface area contributed by atoms with Gasteiger partial charge in [0, 0.05) is 0 Å². The molecule has 0 fully saturated rings. The second kappa shape index (κ2) is 16.2. The number of hydrogen-bond acceptors (Lipinski definition) is 1. The average Bonchev–Trinajstić information content (AvgIpc) is 3.98. The normalized spacial score (nSPS) is 13.7. The van der Waals surface area contributed by atoms with E-state index in [1.807, 2.05) is 6.07 Å². The molecule has 0 amide bonds. The molecule has 10 aromatic rings. The molecular formula is C62H47N3Ni. The van der Waals surface area contributed by atoms with Crippen molar-refractivity contribution < 1.29 is 15.0 Å². The van der Waals surface area contributed by atoms with Crippen molar-refractivity contribution in [2.45, 2.75) is 38.1 Å². The minimum atomic E-state index is -0.413. The van der Waals surface area contributed by atoms with E-state index in [1.165, 1.54) is 88.6 Å². The molecule has 2 aliphatic rings. The number of fused-ring (bicyclic) bond motifs is 13. The van der Waals surface area contributed by atoms with E-state index in [1.54, 1.807) is 0 Å². The molecule has 4 heteroatoms. The Labute approximate surface area is 394 Å². The molecule has 1 spiro atoms. The Morgan fingerprint density at radius 1 is 0.545 bits per heavy atom. The third-order valence-electron chi connectivity index (χ3n) is 14.1. The third-order valence-corrected chi connectivity index (χ3v) is 14.6. The number of aliphatic imine (C=N–C) groups is 1. The van der Waals surface area contributed by atoms with Gasteiger partial charge >= 0.3 is 384 Å². The van der Waals surface area contributed by atoms with E-state index in [0.717, 1.165) is 33.7 Å². The van der Waals surface area contributed by atoms with E-state index in [2.05, 4.69) is 230 Å². The Balaban J connectivity index is 0.932. The van der Waals surface area contributed by atoms with Crippen LogP contribution in [0.4, 0.5) is 0 Å². The number of rotatable bonds is 9. The molecule has 9 aromatic carbocycles. The SMILES string of the molecule is CCC([C](=[Ni])NC(=NCc1cccc(-n2c3ccccc3c3ccccc32)c1)c1ccccc1)c1ccccc1-c1c(C)ccc2c1-c1ccccc1C21c2ccccc2-c2ccccc21. The van der Waals surface area contributed by atoms with Crippen LogP contribution in [0.15, 0.2) is 217 Å². The van der Waals surface area contributed by atoms with E-state index in [0.29, 0.717) is 6.54 Å². The molecule has 1 N–H and O–H groups in total. The summed E-state index contributed by atoms with van der Waals surface area (Å²) in [5, 5.41) is 6.26. The molecule has 0 bridgehead atoms. The van der Waals surface area contributed by atoms with Gasteiger partial charge in [0.15, 0.2) is 0 Å². The first-order chi connectivity index (χ1) is 32.6. The van der Waals surface area contributed by atoms with Crippen molar-refractivity contribution in [1.29, 1.82) is 0 Å². The van der Waals surface area contributed by atoms with Crippen LogP contribution >= 0.6 is 0 Å². The molecule has 1 atom stereocenters. The zero-order valence-corrected chi connectivity index (χ0v) is 37.9. The standard InChI is InChI=1S/C62H47N3.Ni/c1-3-43(40-64-61(44-21-5-4-6-22-44)63-39-42-20-19-23-45(38-42)65-57-34-17-12-27-49(57)50-28-13-18-35-58(50)65)46-24-7-8-29-51(46)59-41(2)36-37-56-60(59)52-30-11-16-33-55(52)62(56)53-31-14-9-25-47(53)48-26-10-15-32-54(48)62;/h4-38,43H,3,39H2,1-2H3,(H,63,64);. The molecule has 3 nitrogen and oxygen atoms in total. The first kappa shape index (κ1) is 40.1. The molecular weight excluding hydrogens is 845 g/mol. The number of aromatic nitrogens is 1. The molecule has 1 unspecified atom stereocenters. The Morgan fingerprint density at radius 2 is 1.11 bits per heavy atom. The molecule has 12 rings (SSSR count). The van der Waals surface area contributed by atoms with Crippen LogP contribution in [-0.2, 0) is 27.0 Å². The van der Waals surface area contributed by atoms with Crippen LogP contribution in [0.3, 0.4) is 0 Å². The fraction of sp³-hybridized carbons (Fsp3) is 0.0968. The number of nitrogens with one attached hydrogen (secondary N) is 1. The molecule has 66 heavy (non-hydrogen) atoms. The molecule has 0 aliphatic heterocycles. The van der Waals surface area contributed by atoms with Crippen molar-refractivity contribution in [2.24, 2.45) is 4.99 Å². The van der Waals surface area contributed by atoms with Crippen molar-refractivity contribution in [1.82, 2.24) is 9.88 Å². The van der Waals surface area contributed by atoms with Crippen LogP contribution in [0.25, 0.3) is 60.9 Å². The van der Waals surface area contributed by atoms with Gasteiger partial charge in [0.05, 0.1) is 0 Å². The van der Waals surface area contributed by atoms with E-state index < -0.39 is 5.41 Å². The van der Waals surface area contributed by atoms with Crippen LogP contribution in [0.2, 0.25) is 0 Å². The van der Waals surface area contributed by atoms with Crippen LogP contribution in [0.5, 0.6) is 0 Å². The number of aryl methyl sites for hydroxylation is 1. The summed E-state index contributed by atoms with van der Waals surface area (Å²) in [4.78, 5) is 5.32. The summed E-state index contributed by atoms with van der Waals surface area (Å²) in [5.41, 5.74) is 20.8. The van der Waals surface area contributed by atoms with Gasteiger partial charge in [-0.3, -0.25) is 0 Å². The van der Waals surface area contributed by atoms with Gasteiger partial charge in [-0.15, -0.1) is 0 Å². The van der Waals surface area contributed by atoms with Gasteiger partial charge in [-0.2, -0.15) is 0 Å². The second-order valence-electron chi connectivity index (χ2n) is 17.6. The summed E-state index contributed by atoms with van der Waals surface area (Å²) < 4.78 is 3.16. The summed E-state index contributed by atoms with van der Waals surface area (Å²) >= 11 is 6.08. The summed E-state index contributed by atoms with van der Waals surface area (Å²) in [5.74, 6) is 0.726. The van der Waals surface area contributed by atoms with Gasteiger partial charge in [0.25, 0.3) is 0 Å². The molecule has 320 valence electrons. The maximum absolute atomic E-state index is 6.08. The van der Waals surface area contributed by atoms with E-state index >= 15 is 0 Å². The number of nitrogens with zero attached hydrogens (tertiary/aromatic N) is 2. The molecule has 1 heterocycles. The second-order valence-corrected chi connectivity index (χ2v) is 18.2. The average molecular weight is 893 g/mol. The minimum absolute atomic E-state index is 0.0532. The number of amidine groups is 1. The number of hydrogen-bond donors (Lipinski definition) is 1. The molecule has 0 saturated heterocycles. The predicted octanol–water partition coefficient (Wildman–Crippen LogP) is 14.5. The quantitative estimate of drug-likeness (QED) is 0.0873. The van der Waals surface area contributed by atoms with Crippen LogP contribution in [-0.4, -0.2) is 15.0 Å². The van der Waals surface area contributed by atoms with E-state index in [9.17, 15) is 0 Å². The van der Waals surface area contributed by atoms with Gasteiger partial charge in [-0.1, -0.05) is 12.1 Å². The third kappa shape index (κ3) is 6.16. The fourth-order valence-corrected chi connectivity index (χ4v) is 11.8. The van der Waals surface area contributed by atoms with E-state index in [4.69, 9.17) is 20.0 Å². The Bertz CT molecular complexity index is 3480. The van der Waals surface area contributed by atoms with Crippen molar-refractivity contribution in [2.75, 3.05) is 0 Å².